The molecule has 0 radical (unpaired) electrons. The second-order valence-corrected chi connectivity index (χ2v) is 4.51. The van der Waals surface area contributed by atoms with E-state index in [1.165, 1.54) is 13.1 Å². The molecule has 82 valence electrons. The Bertz CT molecular complexity index is 180. The SMILES string of the molecule is CN1CCN(N2CCC(CO)C2)CC1. The summed E-state index contributed by atoms with van der Waals surface area (Å²) >= 11 is 0. The third kappa shape index (κ3) is 2.25. The quantitative estimate of drug-likeness (QED) is 0.647. The standard InChI is InChI=1S/C10H21N3O/c1-11-4-6-12(7-5-11)13-3-2-10(8-13)9-14/h10,14H,2-9H2,1H3. The number of hydrogen-bond acceptors (Lipinski definition) is 4. The molecule has 1 unspecified atom stereocenters. The highest BCUT2D eigenvalue weighted by atomic mass is 16.3. The normalized spacial score (nSPS) is 32.6. The van der Waals surface area contributed by atoms with Crippen molar-refractivity contribution in [2.45, 2.75) is 6.42 Å². The topological polar surface area (TPSA) is 30.0 Å². The maximum atomic E-state index is 9.07. The van der Waals surface area contributed by atoms with Crippen molar-refractivity contribution >= 4 is 0 Å². The monoisotopic (exact) mass is 199 g/mol. The van der Waals surface area contributed by atoms with Crippen molar-refractivity contribution in [2.24, 2.45) is 5.92 Å². The van der Waals surface area contributed by atoms with Gasteiger partial charge in [0, 0.05) is 45.9 Å². The van der Waals surface area contributed by atoms with Gasteiger partial charge in [-0.05, 0) is 19.4 Å². The van der Waals surface area contributed by atoms with Crippen molar-refractivity contribution in [1.29, 1.82) is 0 Å². The molecule has 2 aliphatic heterocycles. The van der Waals surface area contributed by atoms with E-state index >= 15 is 0 Å². The van der Waals surface area contributed by atoms with E-state index < -0.39 is 0 Å². The van der Waals surface area contributed by atoms with Gasteiger partial charge in [-0.3, -0.25) is 0 Å². The Hall–Kier alpha value is -0.160. The molecule has 0 aromatic rings. The zero-order valence-electron chi connectivity index (χ0n) is 9.02. The minimum atomic E-state index is 0.351. The van der Waals surface area contributed by atoms with Gasteiger partial charge in [-0.25, -0.2) is 10.0 Å². The molecule has 1 atom stereocenters. The van der Waals surface area contributed by atoms with E-state index in [1.807, 2.05) is 0 Å². The summed E-state index contributed by atoms with van der Waals surface area (Å²) in [5, 5.41) is 13.9. The van der Waals surface area contributed by atoms with E-state index in [4.69, 9.17) is 5.11 Å². The highest BCUT2D eigenvalue weighted by Crippen LogP contribution is 2.18. The third-order valence-corrected chi connectivity index (χ3v) is 3.40. The number of piperazine rings is 1. The Balaban J connectivity index is 1.79. The van der Waals surface area contributed by atoms with Gasteiger partial charge in [0.05, 0.1) is 0 Å². The Labute approximate surface area is 86.1 Å². The van der Waals surface area contributed by atoms with Crippen LogP contribution < -0.4 is 0 Å². The second kappa shape index (κ2) is 4.57. The van der Waals surface area contributed by atoms with Crippen molar-refractivity contribution in [3.63, 3.8) is 0 Å². The first-order valence-corrected chi connectivity index (χ1v) is 5.59. The van der Waals surface area contributed by atoms with Gasteiger partial charge in [0.15, 0.2) is 0 Å². The van der Waals surface area contributed by atoms with Crippen LogP contribution >= 0.6 is 0 Å². The summed E-state index contributed by atoms with van der Waals surface area (Å²) in [6.45, 7) is 7.17. The minimum absolute atomic E-state index is 0.351. The van der Waals surface area contributed by atoms with Crippen LogP contribution in [0.1, 0.15) is 6.42 Å². The van der Waals surface area contributed by atoms with Gasteiger partial charge in [0.2, 0.25) is 0 Å². The Morgan fingerprint density at radius 1 is 1.07 bits per heavy atom. The van der Waals surface area contributed by atoms with Gasteiger partial charge < -0.3 is 10.0 Å². The van der Waals surface area contributed by atoms with Crippen LogP contribution in [0.4, 0.5) is 0 Å². The molecule has 4 nitrogen and oxygen atoms in total. The summed E-state index contributed by atoms with van der Waals surface area (Å²) < 4.78 is 0. The molecule has 2 saturated heterocycles. The number of aliphatic hydroxyl groups excluding tert-OH is 1. The van der Waals surface area contributed by atoms with Gasteiger partial charge >= 0.3 is 0 Å². The van der Waals surface area contributed by atoms with Crippen LogP contribution in [0.2, 0.25) is 0 Å². The van der Waals surface area contributed by atoms with Crippen LogP contribution in [-0.2, 0) is 0 Å². The fraction of sp³-hybridized carbons (Fsp3) is 1.00. The van der Waals surface area contributed by atoms with Crippen LogP contribution in [0.25, 0.3) is 0 Å². The average molecular weight is 199 g/mol. The summed E-state index contributed by atoms with van der Waals surface area (Å²) in [5.74, 6) is 0.509. The Kier molecular flexibility index (Phi) is 3.38. The number of hydrazine groups is 1. The average Bonchev–Trinajstić information content (AvgIpc) is 2.67. The van der Waals surface area contributed by atoms with E-state index in [0.29, 0.717) is 12.5 Å². The summed E-state index contributed by atoms with van der Waals surface area (Å²) in [4.78, 5) is 2.37. The first kappa shape index (κ1) is 10.4. The lowest BCUT2D eigenvalue weighted by Crippen LogP contribution is -2.52. The molecule has 2 aliphatic rings. The molecular weight excluding hydrogens is 178 g/mol. The number of likely N-dealkylation sites (N-methyl/N-ethyl adjacent to an activating group) is 1. The predicted molar refractivity (Wildman–Crippen MR) is 55.8 cm³/mol. The summed E-state index contributed by atoms with van der Waals surface area (Å²) in [7, 11) is 2.18. The zero-order valence-corrected chi connectivity index (χ0v) is 9.02. The van der Waals surface area contributed by atoms with Gasteiger partial charge in [-0.15, -0.1) is 0 Å². The number of rotatable bonds is 2. The molecule has 1 N–H and O–H groups in total. The van der Waals surface area contributed by atoms with Gasteiger partial charge in [-0.2, -0.15) is 0 Å². The van der Waals surface area contributed by atoms with Crippen molar-refractivity contribution in [2.75, 3.05) is 52.9 Å². The van der Waals surface area contributed by atoms with Crippen LogP contribution in [0.5, 0.6) is 0 Å². The maximum Gasteiger partial charge on any atom is 0.0472 e. The van der Waals surface area contributed by atoms with Crippen molar-refractivity contribution in [1.82, 2.24) is 14.9 Å². The van der Waals surface area contributed by atoms with Crippen LogP contribution in [0.3, 0.4) is 0 Å². The zero-order chi connectivity index (χ0) is 9.97. The van der Waals surface area contributed by atoms with Crippen LogP contribution in [-0.4, -0.2) is 72.9 Å². The van der Waals surface area contributed by atoms with Gasteiger partial charge in [-0.1, -0.05) is 0 Å². The summed E-state index contributed by atoms with van der Waals surface area (Å²) in [5.41, 5.74) is 0. The predicted octanol–water partition coefficient (Wildman–Crippen LogP) is -0.537. The van der Waals surface area contributed by atoms with Crippen LogP contribution in [0.15, 0.2) is 0 Å². The van der Waals surface area contributed by atoms with E-state index in [1.54, 1.807) is 0 Å². The molecule has 0 bridgehead atoms. The molecule has 0 saturated carbocycles. The molecule has 0 aromatic carbocycles. The number of aliphatic hydroxyl groups is 1. The summed E-state index contributed by atoms with van der Waals surface area (Å²) in [6.07, 6.45) is 1.16. The molecule has 2 fully saturated rings. The molecule has 0 amide bonds. The maximum absolute atomic E-state index is 9.07. The molecule has 0 aromatic heterocycles. The molecule has 2 rings (SSSR count). The lowest BCUT2D eigenvalue weighted by atomic mass is 10.1. The molecule has 4 heteroatoms. The summed E-state index contributed by atoms with van der Waals surface area (Å²) in [6, 6.07) is 0. The number of hydrogen-bond donors (Lipinski definition) is 1. The highest BCUT2D eigenvalue weighted by Gasteiger charge is 2.27. The largest absolute Gasteiger partial charge is 0.396 e. The van der Waals surface area contributed by atoms with E-state index in [2.05, 4.69) is 22.0 Å². The Morgan fingerprint density at radius 2 is 1.79 bits per heavy atom. The fourth-order valence-corrected chi connectivity index (χ4v) is 2.30. The molecule has 0 aliphatic carbocycles. The molecular formula is C10H21N3O. The van der Waals surface area contributed by atoms with Gasteiger partial charge in [0.25, 0.3) is 0 Å². The third-order valence-electron chi connectivity index (χ3n) is 3.40. The van der Waals surface area contributed by atoms with E-state index in [0.717, 1.165) is 32.6 Å². The molecule has 0 spiro atoms. The van der Waals surface area contributed by atoms with Crippen molar-refractivity contribution < 1.29 is 5.11 Å². The van der Waals surface area contributed by atoms with Crippen molar-refractivity contribution in [3.05, 3.63) is 0 Å². The lowest BCUT2D eigenvalue weighted by molar-refractivity contribution is -0.0395. The lowest BCUT2D eigenvalue weighted by Gasteiger charge is -2.38. The van der Waals surface area contributed by atoms with Gasteiger partial charge in [0.1, 0.15) is 0 Å². The van der Waals surface area contributed by atoms with E-state index in [-0.39, 0.29) is 0 Å². The first-order chi connectivity index (χ1) is 6.79. The van der Waals surface area contributed by atoms with Crippen molar-refractivity contribution in [3.8, 4) is 0 Å². The minimum Gasteiger partial charge on any atom is -0.396 e. The highest BCUT2D eigenvalue weighted by molar-refractivity contribution is 4.76. The van der Waals surface area contributed by atoms with E-state index in [9.17, 15) is 0 Å². The van der Waals surface area contributed by atoms with Crippen LogP contribution in [0, 0.1) is 5.92 Å². The Morgan fingerprint density at radius 3 is 2.36 bits per heavy atom. The second-order valence-electron chi connectivity index (χ2n) is 4.51. The molecule has 2 heterocycles. The fourth-order valence-electron chi connectivity index (χ4n) is 2.30. The first-order valence-electron chi connectivity index (χ1n) is 5.59. The number of nitrogens with zero attached hydrogens (tertiary/aromatic N) is 3. The smallest absolute Gasteiger partial charge is 0.0472 e. The molecule has 14 heavy (non-hydrogen) atoms.